The number of rotatable bonds is 9. The molecule has 1 saturated heterocycles. The topological polar surface area (TPSA) is 78.9 Å². The highest BCUT2D eigenvalue weighted by Crippen LogP contribution is 2.22. The van der Waals surface area contributed by atoms with Gasteiger partial charge >= 0.3 is 0 Å². The van der Waals surface area contributed by atoms with Crippen LogP contribution in [0.15, 0.2) is 59.5 Å². The molecule has 8 heteroatoms. The first kappa shape index (κ1) is 24.2. The van der Waals surface area contributed by atoms with E-state index in [2.05, 4.69) is 22.3 Å². The molecule has 1 atom stereocenters. The molecule has 0 radical (unpaired) electrons. The smallest absolute Gasteiger partial charge is 0.260 e. The van der Waals surface area contributed by atoms with Crippen molar-refractivity contribution in [1.82, 2.24) is 14.5 Å². The quantitative estimate of drug-likeness (QED) is 0.624. The Morgan fingerprint density at radius 3 is 2.19 bits per heavy atom. The molecule has 0 aliphatic carbocycles. The van der Waals surface area contributed by atoms with Crippen LogP contribution in [0.3, 0.4) is 0 Å². The van der Waals surface area contributed by atoms with Crippen molar-refractivity contribution >= 4 is 15.9 Å². The molecule has 0 unspecified atom stereocenters. The number of sulfonamides is 1. The van der Waals surface area contributed by atoms with E-state index >= 15 is 0 Å². The van der Waals surface area contributed by atoms with Crippen LogP contribution in [-0.2, 0) is 21.4 Å². The van der Waals surface area contributed by atoms with Crippen LogP contribution in [0.25, 0.3) is 0 Å². The van der Waals surface area contributed by atoms with Gasteiger partial charge in [-0.3, -0.25) is 9.69 Å². The second-order valence-electron chi connectivity index (χ2n) is 8.54. The third-order valence-corrected chi connectivity index (χ3v) is 7.32. The summed E-state index contributed by atoms with van der Waals surface area (Å²) in [7, 11) is -3.57. The fraction of sp³-hybridized carbons (Fsp3) is 0.458. The number of carbonyl (C=O) groups is 1. The monoisotopic (exact) mass is 459 g/mol. The second kappa shape index (κ2) is 10.9. The zero-order valence-corrected chi connectivity index (χ0v) is 19.8. The SMILES string of the molecule is CC(C)CNC(=O)[C@@H](C)Oc1ccc(S(=O)(=O)N2CCN(Cc3ccccc3)CC2)cc1. The molecule has 2 aromatic carbocycles. The van der Waals surface area contributed by atoms with Crippen molar-refractivity contribution in [3.8, 4) is 5.75 Å². The summed E-state index contributed by atoms with van der Waals surface area (Å²) in [6, 6.07) is 16.5. The lowest BCUT2D eigenvalue weighted by Gasteiger charge is -2.34. The lowest BCUT2D eigenvalue weighted by molar-refractivity contribution is -0.127. The lowest BCUT2D eigenvalue weighted by Crippen LogP contribution is -2.48. The van der Waals surface area contributed by atoms with Gasteiger partial charge in [0.1, 0.15) is 5.75 Å². The Morgan fingerprint density at radius 2 is 1.59 bits per heavy atom. The molecule has 1 amide bonds. The summed E-state index contributed by atoms with van der Waals surface area (Å²) in [6.07, 6.45) is -0.658. The molecule has 1 aliphatic rings. The average molecular weight is 460 g/mol. The molecule has 0 spiro atoms. The van der Waals surface area contributed by atoms with E-state index in [1.807, 2.05) is 32.0 Å². The van der Waals surface area contributed by atoms with E-state index in [0.29, 0.717) is 44.4 Å². The van der Waals surface area contributed by atoms with Gasteiger partial charge in [-0.2, -0.15) is 4.31 Å². The molecule has 0 aromatic heterocycles. The van der Waals surface area contributed by atoms with Crippen molar-refractivity contribution < 1.29 is 17.9 Å². The number of nitrogens with one attached hydrogen (secondary N) is 1. The zero-order chi connectivity index (χ0) is 23.1. The largest absolute Gasteiger partial charge is 0.481 e. The fourth-order valence-corrected chi connectivity index (χ4v) is 4.94. The molecule has 1 heterocycles. The number of nitrogens with zero attached hydrogens (tertiary/aromatic N) is 2. The number of ether oxygens (including phenoxy) is 1. The van der Waals surface area contributed by atoms with Crippen LogP contribution in [-0.4, -0.2) is 62.4 Å². The van der Waals surface area contributed by atoms with Gasteiger partial charge in [-0.1, -0.05) is 44.2 Å². The number of hydrogen-bond donors (Lipinski definition) is 1. The molecule has 7 nitrogen and oxygen atoms in total. The van der Waals surface area contributed by atoms with Crippen molar-refractivity contribution in [3.63, 3.8) is 0 Å². The van der Waals surface area contributed by atoms with E-state index in [-0.39, 0.29) is 10.8 Å². The Hall–Kier alpha value is -2.42. The van der Waals surface area contributed by atoms with Crippen molar-refractivity contribution in [2.75, 3.05) is 32.7 Å². The number of hydrogen-bond acceptors (Lipinski definition) is 5. The number of benzene rings is 2. The first-order valence-corrected chi connectivity index (χ1v) is 12.5. The van der Waals surface area contributed by atoms with Crippen molar-refractivity contribution in [2.24, 2.45) is 5.92 Å². The molecular formula is C24H33N3O4S. The molecule has 32 heavy (non-hydrogen) atoms. The van der Waals surface area contributed by atoms with E-state index < -0.39 is 16.1 Å². The molecule has 0 saturated carbocycles. The Bertz CT molecular complexity index is 970. The van der Waals surface area contributed by atoms with Gasteiger partial charge in [0.25, 0.3) is 5.91 Å². The Balaban J connectivity index is 1.54. The van der Waals surface area contributed by atoms with Gasteiger partial charge in [0, 0.05) is 39.3 Å². The molecule has 0 bridgehead atoms. The summed E-state index contributed by atoms with van der Waals surface area (Å²) in [4.78, 5) is 14.6. The Kier molecular flexibility index (Phi) is 8.28. The predicted octanol–water partition coefficient (Wildman–Crippen LogP) is 2.73. The fourth-order valence-electron chi connectivity index (χ4n) is 3.51. The van der Waals surface area contributed by atoms with Gasteiger partial charge in [0.2, 0.25) is 10.0 Å². The predicted molar refractivity (Wildman–Crippen MR) is 125 cm³/mol. The van der Waals surface area contributed by atoms with E-state index in [1.165, 1.54) is 9.87 Å². The average Bonchev–Trinajstić information content (AvgIpc) is 2.79. The first-order valence-electron chi connectivity index (χ1n) is 11.1. The molecule has 3 rings (SSSR count). The lowest BCUT2D eigenvalue weighted by atomic mass is 10.2. The molecule has 174 valence electrons. The number of carbonyl (C=O) groups excluding carboxylic acids is 1. The highest BCUT2D eigenvalue weighted by atomic mass is 32.2. The summed E-state index contributed by atoms with van der Waals surface area (Å²) < 4.78 is 33.3. The van der Waals surface area contributed by atoms with E-state index in [0.717, 1.165) is 6.54 Å². The summed E-state index contributed by atoms with van der Waals surface area (Å²) >= 11 is 0. The van der Waals surface area contributed by atoms with Crippen molar-refractivity contribution in [2.45, 2.75) is 38.3 Å². The molecular weight excluding hydrogens is 426 g/mol. The van der Waals surface area contributed by atoms with Gasteiger partial charge in [0.15, 0.2) is 6.10 Å². The Labute approximate surface area is 191 Å². The van der Waals surface area contributed by atoms with E-state index in [9.17, 15) is 13.2 Å². The summed E-state index contributed by atoms with van der Waals surface area (Å²) in [6.45, 7) is 9.43. The molecule has 1 N–H and O–H groups in total. The summed E-state index contributed by atoms with van der Waals surface area (Å²) in [5, 5.41) is 2.83. The van der Waals surface area contributed by atoms with E-state index in [1.54, 1.807) is 31.2 Å². The minimum atomic E-state index is -3.57. The van der Waals surface area contributed by atoms with Crippen LogP contribution in [0.5, 0.6) is 5.75 Å². The van der Waals surface area contributed by atoms with Gasteiger partial charge in [-0.15, -0.1) is 0 Å². The van der Waals surface area contributed by atoms with Crippen molar-refractivity contribution in [1.29, 1.82) is 0 Å². The Morgan fingerprint density at radius 1 is 0.969 bits per heavy atom. The molecule has 1 aliphatic heterocycles. The van der Waals surface area contributed by atoms with Crippen LogP contribution in [0.1, 0.15) is 26.3 Å². The highest BCUT2D eigenvalue weighted by Gasteiger charge is 2.28. The molecule has 1 fully saturated rings. The maximum atomic E-state index is 13.0. The standard InChI is InChI=1S/C24H33N3O4S/c1-19(2)17-25-24(28)20(3)31-22-9-11-23(12-10-22)32(29,30)27-15-13-26(14-16-27)18-21-7-5-4-6-8-21/h4-12,19-20H,13-18H2,1-3H3,(H,25,28)/t20-/m1/s1. The highest BCUT2D eigenvalue weighted by molar-refractivity contribution is 7.89. The maximum absolute atomic E-state index is 13.0. The van der Waals surface area contributed by atoms with E-state index in [4.69, 9.17) is 4.74 Å². The minimum Gasteiger partial charge on any atom is -0.481 e. The third-order valence-electron chi connectivity index (χ3n) is 5.41. The maximum Gasteiger partial charge on any atom is 0.260 e. The summed E-state index contributed by atoms with van der Waals surface area (Å²) in [5.74, 6) is 0.628. The van der Waals surface area contributed by atoms with Crippen LogP contribution in [0.4, 0.5) is 0 Å². The van der Waals surface area contributed by atoms with Gasteiger partial charge in [-0.05, 0) is 42.7 Å². The first-order chi connectivity index (χ1) is 15.3. The van der Waals surface area contributed by atoms with Crippen LogP contribution in [0, 0.1) is 5.92 Å². The second-order valence-corrected chi connectivity index (χ2v) is 10.5. The minimum absolute atomic E-state index is 0.191. The van der Waals surface area contributed by atoms with Crippen LogP contribution in [0.2, 0.25) is 0 Å². The van der Waals surface area contributed by atoms with Crippen LogP contribution < -0.4 is 10.1 Å². The van der Waals surface area contributed by atoms with Gasteiger partial charge in [-0.25, -0.2) is 8.42 Å². The number of amides is 1. The van der Waals surface area contributed by atoms with Gasteiger partial charge < -0.3 is 10.1 Å². The normalized spacial score (nSPS) is 16.6. The van der Waals surface area contributed by atoms with Crippen LogP contribution >= 0.6 is 0 Å². The number of piperazine rings is 1. The van der Waals surface area contributed by atoms with Gasteiger partial charge in [0.05, 0.1) is 4.90 Å². The van der Waals surface area contributed by atoms with Crippen molar-refractivity contribution in [3.05, 3.63) is 60.2 Å². The third kappa shape index (κ3) is 6.54. The zero-order valence-electron chi connectivity index (χ0n) is 19.0. The molecule has 2 aromatic rings. The summed E-state index contributed by atoms with van der Waals surface area (Å²) in [5.41, 5.74) is 1.23.